The van der Waals surface area contributed by atoms with Gasteiger partial charge in [0.25, 0.3) is 0 Å². The molecule has 2 aromatic carbocycles. The molecule has 0 saturated carbocycles. The van der Waals surface area contributed by atoms with Crippen LogP contribution in [0.1, 0.15) is 25.0 Å². The molecule has 2 amide bonds. The number of nitrogens with zero attached hydrogens (tertiary/aromatic N) is 1. The minimum atomic E-state index is -0.0413. The predicted molar refractivity (Wildman–Crippen MR) is 103 cm³/mol. The van der Waals surface area contributed by atoms with Crippen LogP contribution in [-0.4, -0.2) is 32.3 Å². The zero-order valence-electron chi connectivity index (χ0n) is 15.6. The number of hydrogen-bond donors (Lipinski definition) is 1. The van der Waals surface area contributed by atoms with Gasteiger partial charge in [-0.15, -0.1) is 0 Å². The molecule has 0 fully saturated rings. The molecular formula is C21H26N2O3. The molecule has 26 heavy (non-hydrogen) atoms. The van der Waals surface area contributed by atoms with Crippen molar-refractivity contribution in [1.82, 2.24) is 5.32 Å². The zero-order valence-corrected chi connectivity index (χ0v) is 15.6. The number of carbonyl (C=O) groups excluding carboxylic acids is 1. The van der Waals surface area contributed by atoms with Gasteiger partial charge in [0.15, 0.2) is 11.5 Å². The Morgan fingerprint density at radius 3 is 2.81 bits per heavy atom. The number of hydrogen-bond acceptors (Lipinski definition) is 3. The van der Waals surface area contributed by atoms with Crippen molar-refractivity contribution in [3.63, 3.8) is 0 Å². The van der Waals surface area contributed by atoms with Crippen LogP contribution in [0.4, 0.5) is 10.5 Å². The molecule has 5 nitrogen and oxygen atoms in total. The molecular weight excluding hydrogens is 328 g/mol. The first-order valence-electron chi connectivity index (χ1n) is 9.08. The zero-order chi connectivity index (χ0) is 18.5. The fourth-order valence-corrected chi connectivity index (χ4v) is 3.42. The van der Waals surface area contributed by atoms with Crippen molar-refractivity contribution in [2.24, 2.45) is 0 Å². The van der Waals surface area contributed by atoms with Crippen LogP contribution in [-0.2, 0) is 12.8 Å². The molecule has 1 heterocycles. The second-order valence-corrected chi connectivity index (χ2v) is 6.45. The molecule has 1 atom stereocenters. The monoisotopic (exact) mass is 354 g/mol. The van der Waals surface area contributed by atoms with Crippen molar-refractivity contribution in [3.8, 4) is 11.5 Å². The van der Waals surface area contributed by atoms with Crippen molar-refractivity contribution in [3.05, 3.63) is 53.6 Å². The van der Waals surface area contributed by atoms with E-state index in [9.17, 15) is 4.79 Å². The predicted octanol–water partition coefficient (Wildman–Crippen LogP) is 3.80. The molecule has 0 bridgehead atoms. The number of ether oxygens (including phenoxy) is 2. The maximum atomic E-state index is 12.6. The van der Waals surface area contributed by atoms with Gasteiger partial charge in [0.05, 0.1) is 13.7 Å². The normalized spacial score (nSPS) is 15.5. The van der Waals surface area contributed by atoms with Crippen LogP contribution in [0.2, 0.25) is 0 Å². The summed E-state index contributed by atoms with van der Waals surface area (Å²) in [5, 5.41) is 3.04. The fourth-order valence-electron chi connectivity index (χ4n) is 3.42. The Bertz CT molecular complexity index is 776. The first-order valence-corrected chi connectivity index (χ1v) is 9.08. The molecule has 0 saturated heterocycles. The van der Waals surface area contributed by atoms with Crippen molar-refractivity contribution < 1.29 is 14.3 Å². The highest BCUT2D eigenvalue weighted by atomic mass is 16.5. The van der Waals surface area contributed by atoms with Gasteiger partial charge in [-0.05, 0) is 56.0 Å². The number of methoxy groups -OCH3 is 1. The van der Waals surface area contributed by atoms with Gasteiger partial charge in [-0.2, -0.15) is 0 Å². The van der Waals surface area contributed by atoms with Crippen molar-refractivity contribution in [1.29, 1.82) is 0 Å². The number of rotatable bonds is 6. The average molecular weight is 354 g/mol. The molecule has 0 spiro atoms. The summed E-state index contributed by atoms with van der Waals surface area (Å²) < 4.78 is 10.9. The molecule has 0 radical (unpaired) electrons. The quantitative estimate of drug-likeness (QED) is 0.858. The standard InChI is InChI=1S/C21H26N2O3/c1-4-26-19-10-9-16(14-20(19)25-3)11-12-22-21(24)23-15(2)13-17-7-5-6-8-18(17)23/h5-10,14-15H,4,11-13H2,1-3H3,(H,22,24). The SMILES string of the molecule is CCOc1ccc(CCNC(=O)N2c3ccccc3CC2C)cc1OC. The highest BCUT2D eigenvalue weighted by molar-refractivity contribution is 5.94. The number of nitrogens with one attached hydrogen (secondary N) is 1. The summed E-state index contributed by atoms with van der Waals surface area (Å²) in [6.07, 6.45) is 1.64. The number of anilines is 1. The van der Waals surface area contributed by atoms with E-state index >= 15 is 0 Å². The Hall–Kier alpha value is -2.69. The van der Waals surface area contributed by atoms with E-state index in [1.165, 1.54) is 5.56 Å². The summed E-state index contributed by atoms with van der Waals surface area (Å²) in [4.78, 5) is 14.5. The number of fused-ring (bicyclic) bond motifs is 1. The van der Waals surface area contributed by atoms with Crippen LogP contribution in [0.15, 0.2) is 42.5 Å². The summed E-state index contributed by atoms with van der Waals surface area (Å²) in [6.45, 7) is 5.19. The fraction of sp³-hybridized carbons (Fsp3) is 0.381. The Balaban J connectivity index is 1.59. The highest BCUT2D eigenvalue weighted by Gasteiger charge is 2.30. The first-order chi connectivity index (χ1) is 12.6. The van der Waals surface area contributed by atoms with Gasteiger partial charge in [0.1, 0.15) is 0 Å². The smallest absolute Gasteiger partial charge is 0.322 e. The Labute approximate surface area is 154 Å². The lowest BCUT2D eigenvalue weighted by Crippen LogP contribution is -2.43. The lowest BCUT2D eigenvalue weighted by Gasteiger charge is -2.23. The van der Waals surface area contributed by atoms with Crippen LogP contribution in [0, 0.1) is 0 Å². The van der Waals surface area contributed by atoms with E-state index in [1.807, 2.05) is 48.2 Å². The van der Waals surface area contributed by atoms with Gasteiger partial charge in [-0.3, -0.25) is 4.90 Å². The van der Waals surface area contributed by atoms with E-state index in [0.29, 0.717) is 13.2 Å². The van der Waals surface area contributed by atoms with Crippen LogP contribution >= 0.6 is 0 Å². The Kier molecular flexibility index (Phi) is 5.66. The van der Waals surface area contributed by atoms with Gasteiger partial charge in [0.2, 0.25) is 0 Å². The number of carbonyl (C=O) groups is 1. The number of para-hydroxylation sites is 1. The summed E-state index contributed by atoms with van der Waals surface area (Å²) >= 11 is 0. The van der Waals surface area contributed by atoms with Crippen LogP contribution < -0.4 is 19.7 Å². The van der Waals surface area contributed by atoms with E-state index in [-0.39, 0.29) is 12.1 Å². The van der Waals surface area contributed by atoms with Crippen molar-refractivity contribution >= 4 is 11.7 Å². The number of amides is 2. The average Bonchev–Trinajstić information content (AvgIpc) is 2.98. The first kappa shape index (κ1) is 18.1. The second-order valence-electron chi connectivity index (χ2n) is 6.45. The second kappa shape index (κ2) is 8.13. The minimum absolute atomic E-state index is 0.0413. The van der Waals surface area contributed by atoms with Gasteiger partial charge in [-0.1, -0.05) is 24.3 Å². The molecule has 1 aliphatic rings. The molecule has 1 unspecified atom stereocenters. The lowest BCUT2D eigenvalue weighted by molar-refractivity contribution is 0.245. The summed E-state index contributed by atoms with van der Waals surface area (Å²) in [7, 11) is 1.63. The van der Waals surface area contributed by atoms with Crippen molar-refractivity contribution in [2.45, 2.75) is 32.7 Å². The third-order valence-corrected chi connectivity index (χ3v) is 4.64. The summed E-state index contributed by atoms with van der Waals surface area (Å²) in [6, 6.07) is 14.1. The Morgan fingerprint density at radius 2 is 2.04 bits per heavy atom. The maximum absolute atomic E-state index is 12.6. The molecule has 2 aromatic rings. The van der Waals surface area contributed by atoms with Crippen LogP contribution in [0.5, 0.6) is 11.5 Å². The van der Waals surface area contributed by atoms with E-state index in [4.69, 9.17) is 9.47 Å². The third-order valence-electron chi connectivity index (χ3n) is 4.64. The van der Waals surface area contributed by atoms with Crippen LogP contribution in [0.3, 0.4) is 0 Å². The lowest BCUT2D eigenvalue weighted by atomic mass is 10.1. The van der Waals surface area contributed by atoms with E-state index < -0.39 is 0 Å². The summed E-state index contributed by atoms with van der Waals surface area (Å²) in [5.74, 6) is 1.46. The van der Waals surface area contributed by atoms with Gasteiger partial charge >= 0.3 is 6.03 Å². The summed E-state index contributed by atoms with van der Waals surface area (Å²) in [5.41, 5.74) is 3.34. The van der Waals surface area contributed by atoms with E-state index in [2.05, 4.69) is 18.3 Å². The van der Waals surface area contributed by atoms with Crippen LogP contribution in [0.25, 0.3) is 0 Å². The largest absolute Gasteiger partial charge is 0.493 e. The Morgan fingerprint density at radius 1 is 1.23 bits per heavy atom. The molecule has 1 aliphatic heterocycles. The topological polar surface area (TPSA) is 50.8 Å². The third kappa shape index (κ3) is 3.77. The van der Waals surface area contributed by atoms with E-state index in [1.54, 1.807) is 7.11 Å². The van der Waals surface area contributed by atoms with Gasteiger partial charge in [0, 0.05) is 18.3 Å². The molecule has 1 N–H and O–H groups in total. The molecule has 3 rings (SSSR count). The van der Waals surface area contributed by atoms with Gasteiger partial charge < -0.3 is 14.8 Å². The van der Waals surface area contributed by atoms with Gasteiger partial charge in [-0.25, -0.2) is 4.79 Å². The van der Waals surface area contributed by atoms with Crippen molar-refractivity contribution in [2.75, 3.05) is 25.2 Å². The maximum Gasteiger partial charge on any atom is 0.322 e. The molecule has 5 heteroatoms. The minimum Gasteiger partial charge on any atom is -0.493 e. The van der Waals surface area contributed by atoms with E-state index in [0.717, 1.165) is 35.6 Å². The highest BCUT2D eigenvalue weighted by Crippen LogP contribution is 2.31. The molecule has 0 aromatic heterocycles. The number of benzene rings is 2. The molecule has 0 aliphatic carbocycles. The molecule has 138 valence electrons. The number of urea groups is 1.